The van der Waals surface area contributed by atoms with Gasteiger partial charge in [-0.1, -0.05) is 35.3 Å². The molecule has 0 aliphatic rings. The molecule has 2 heterocycles. The minimum Gasteiger partial charge on any atom is -0.339 e. The van der Waals surface area contributed by atoms with Crippen LogP contribution in [0.3, 0.4) is 0 Å². The number of hydrogen-bond donors (Lipinski definition) is 1. The summed E-state index contributed by atoms with van der Waals surface area (Å²) in [5.41, 5.74) is 1.81. The van der Waals surface area contributed by atoms with Crippen LogP contribution in [-0.2, 0) is 10.0 Å². The Balaban J connectivity index is 1.64. The van der Waals surface area contributed by atoms with Gasteiger partial charge in [0, 0.05) is 31.5 Å². The van der Waals surface area contributed by atoms with Crippen molar-refractivity contribution in [3.8, 4) is 0 Å². The molecular weight excluding hydrogens is 471 g/mol. The van der Waals surface area contributed by atoms with Gasteiger partial charge in [0.15, 0.2) is 5.78 Å². The molecule has 1 N–H and O–H groups in total. The number of carbonyl (C=O) groups is 1. The molecule has 0 bridgehead atoms. The molecule has 0 saturated carbocycles. The molecule has 0 saturated heterocycles. The van der Waals surface area contributed by atoms with Gasteiger partial charge in [-0.3, -0.25) is 4.79 Å². The van der Waals surface area contributed by atoms with Crippen LogP contribution in [-0.4, -0.2) is 42.0 Å². The zero-order valence-electron chi connectivity index (χ0n) is 17.1. The molecule has 0 aliphatic carbocycles. The highest BCUT2D eigenvalue weighted by Gasteiger charge is 2.19. The van der Waals surface area contributed by atoms with Crippen molar-refractivity contribution < 1.29 is 13.2 Å². The van der Waals surface area contributed by atoms with Gasteiger partial charge in [-0.2, -0.15) is 0 Å². The Morgan fingerprint density at radius 2 is 1.69 bits per heavy atom. The number of aromatic nitrogens is 2. The van der Waals surface area contributed by atoms with Gasteiger partial charge in [-0.05, 0) is 42.5 Å². The maximum absolute atomic E-state index is 12.9. The number of imidazole rings is 1. The number of ketones is 1. The maximum Gasteiger partial charge on any atom is 0.242 e. The molecular formula is C22H18Cl2N4O3S. The van der Waals surface area contributed by atoms with Crippen molar-refractivity contribution in [2.45, 2.75) is 4.90 Å². The Labute approximate surface area is 195 Å². The number of nitrogens with zero attached hydrogens (tertiary/aromatic N) is 3. The standard InChI is InChI=1S/C22H18Cl2N4O3S/c1-27(2)32(30,31)16-6-3-5-15(11-16)25-19-13-28-12-14(9-10-20(28)26-19)22(29)21-17(23)7-4-8-18(21)24/h3-13,25H,1-2H3. The summed E-state index contributed by atoms with van der Waals surface area (Å²) in [6, 6.07) is 14.7. The molecule has 0 amide bonds. The normalized spacial score (nSPS) is 11.8. The number of nitrogens with one attached hydrogen (secondary N) is 1. The van der Waals surface area contributed by atoms with E-state index in [0.717, 1.165) is 4.31 Å². The number of benzene rings is 2. The largest absolute Gasteiger partial charge is 0.339 e. The summed E-state index contributed by atoms with van der Waals surface area (Å²) < 4.78 is 27.6. The van der Waals surface area contributed by atoms with Crippen LogP contribution >= 0.6 is 23.2 Å². The van der Waals surface area contributed by atoms with Crippen LogP contribution in [0.1, 0.15) is 15.9 Å². The van der Waals surface area contributed by atoms with Crippen molar-refractivity contribution in [1.82, 2.24) is 13.7 Å². The monoisotopic (exact) mass is 488 g/mol. The highest BCUT2D eigenvalue weighted by atomic mass is 35.5. The van der Waals surface area contributed by atoms with Crippen LogP contribution in [0.4, 0.5) is 11.5 Å². The highest BCUT2D eigenvalue weighted by Crippen LogP contribution is 2.27. The third kappa shape index (κ3) is 4.22. The Hall–Kier alpha value is -2.91. The van der Waals surface area contributed by atoms with Crippen molar-refractivity contribution in [2.75, 3.05) is 19.4 Å². The molecule has 32 heavy (non-hydrogen) atoms. The number of fused-ring (bicyclic) bond motifs is 1. The summed E-state index contributed by atoms with van der Waals surface area (Å²) in [4.78, 5) is 17.6. The van der Waals surface area contributed by atoms with E-state index in [1.807, 2.05) is 0 Å². The first kappa shape index (κ1) is 22.3. The second kappa shape index (κ2) is 8.55. The molecule has 2 aromatic carbocycles. The molecule has 0 aliphatic heterocycles. The van der Waals surface area contributed by atoms with E-state index in [-0.39, 0.29) is 26.3 Å². The van der Waals surface area contributed by atoms with Gasteiger partial charge in [-0.15, -0.1) is 0 Å². The van der Waals surface area contributed by atoms with Gasteiger partial charge >= 0.3 is 0 Å². The summed E-state index contributed by atoms with van der Waals surface area (Å²) in [5.74, 6) is 0.192. The van der Waals surface area contributed by atoms with E-state index < -0.39 is 10.0 Å². The number of pyridine rings is 1. The molecule has 0 atom stereocenters. The van der Waals surface area contributed by atoms with E-state index in [1.165, 1.54) is 26.2 Å². The van der Waals surface area contributed by atoms with Gasteiger partial charge in [-0.25, -0.2) is 17.7 Å². The van der Waals surface area contributed by atoms with Gasteiger partial charge in [0.2, 0.25) is 10.0 Å². The third-order valence-electron chi connectivity index (χ3n) is 4.79. The second-order valence-corrected chi connectivity index (χ2v) is 10.1. The van der Waals surface area contributed by atoms with Gasteiger partial charge in [0.05, 0.1) is 26.7 Å². The summed E-state index contributed by atoms with van der Waals surface area (Å²) in [7, 11) is -0.599. The number of sulfonamides is 1. The number of hydrogen-bond acceptors (Lipinski definition) is 5. The second-order valence-electron chi connectivity index (χ2n) is 7.18. The van der Waals surface area contributed by atoms with Crippen LogP contribution in [0.15, 0.2) is 71.9 Å². The van der Waals surface area contributed by atoms with Crippen LogP contribution < -0.4 is 5.32 Å². The first-order valence-electron chi connectivity index (χ1n) is 9.44. The molecule has 7 nitrogen and oxygen atoms in total. The molecule has 4 aromatic rings. The quantitative estimate of drug-likeness (QED) is 0.391. The summed E-state index contributed by atoms with van der Waals surface area (Å²) in [6.07, 6.45) is 3.34. The average Bonchev–Trinajstić information content (AvgIpc) is 3.15. The predicted molar refractivity (Wildman–Crippen MR) is 126 cm³/mol. The lowest BCUT2D eigenvalue weighted by Crippen LogP contribution is -2.22. The van der Waals surface area contributed by atoms with Crippen LogP contribution in [0.2, 0.25) is 10.0 Å². The first-order chi connectivity index (χ1) is 15.2. The zero-order chi connectivity index (χ0) is 23.0. The molecule has 0 spiro atoms. The topological polar surface area (TPSA) is 83.8 Å². The van der Waals surface area contributed by atoms with E-state index >= 15 is 0 Å². The lowest BCUT2D eigenvalue weighted by Gasteiger charge is -2.12. The Morgan fingerprint density at radius 1 is 1.00 bits per heavy atom. The predicted octanol–water partition coefficient (Wildman–Crippen LogP) is 4.87. The van der Waals surface area contributed by atoms with Gasteiger partial charge in [0.25, 0.3) is 0 Å². The van der Waals surface area contributed by atoms with Crippen LogP contribution in [0.25, 0.3) is 5.65 Å². The van der Waals surface area contributed by atoms with Crippen LogP contribution in [0.5, 0.6) is 0 Å². The molecule has 10 heteroatoms. The molecule has 4 rings (SSSR count). The van der Waals surface area contributed by atoms with Crippen LogP contribution in [0, 0.1) is 0 Å². The van der Waals surface area contributed by atoms with Gasteiger partial charge in [0.1, 0.15) is 11.5 Å². The fourth-order valence-electron chi connectivity index (χ4n) is 3.14. The number of carbonyl (C=O) groups excluding carboxylic acids is 1. The van der Waals surface area contributed by atoms with Crippen molar-refractivity contribution >= 4 is 56.2 Å². The third-order valence-corrected chi connectivity index (χ3v) is 7.23. The van der Waals surface area contributed by atoms with E-state index in [0.29, 0.717) is 22.7 Å². The smallest absolute Gasteiger partial charge is 0.242 e. The first-order valence-corrected chi connectivity index (χ1v) is 11.6. The average molecular weight is 489 g/mol. The minimum atomic E-state index is -3.56. The van der Waals surface area contributed by atoms with E-state index in [4.69, 9.17) is 23.2 Å². The van der Waals surface area contributed by atoms with Gasteiger partial charge < -0.3 is 9.72 Å². The molecule has 0 fully saturated rings. The van der Waals surface area contributed by atoms with Crippen molar-refractivity contribution in [1.29, 1.82) is 0 Å². The Bertz CT molecular complexity index is 1430. The number of anilines is 2. The van der Waals surface area contributed by atoms with Crippen molar-refractivity contribution in [3.63, 3.8) is 0 Å². The summed E-state index contributed by atoms with van der Waals surface area (Å²) in [5, 5.41) is 3.66. The lowest BCUT2D eigenvalue weighted by molar-refractivity contribution is 0.103. The highest BCUT2D eigenvalue weighted by molar-refractivity contribution is 7.89. The van der Waals surface area contributed by atoms with Crippen molar-refractivity contribution in [3.05, 3.63) is 88.2 Å². The molecule has 2 aromatic heterocycles. The molecule has 0 unspecified atom stereocenters. The van der Waals surface area contributed by atoms with Crippen molar-refractivity contribution in [2.24, 2.45) is 0 Å². The minimum absolute atomic E-state index is 0.167. The Kier molecular flexibility index (Phi) is 5.96. The number of halogens is 2. The number of rotatable bonds is 6. The van der Waals surface area contributed by atoms with E-state index in [1.54, 1.807) is 59.3 Å². The fourth-order valence-corrected chi connectivity index (χ4v) is 4.66. The SMILES string of the molecule is CN(C)S(=O)(=O)c1cccc(Nc2cn3cc(C(=O)c4c(Cl)cccc4Cl)ccc3n2)c1. The summed E-state index contributed by atoms with van der Waals surface area (Å²) in [6.45, 7) is 0. The zero-order valence-corrected chi connectivity index (χ0v) is 19.4. The maximum atomic E-state index is 12.9. The fraction of sp³-hybridized carbons (Fsp3) is 0.0909. The van der Waals surface area contributed by atoms with E-state index in [2.05, 4.69) is 10.3 Å². The Morgan fingerprint density at radius 3 is 2.38 bits per heavy atom. The molecule has 164 valence electrons. The lowest BCUT2D eigenvalue weighted by atomic mass is 10.0. The van der Waals surface area contributed by atoms with E-state index in [9.17, 15) is 13.2 Å². The molecule has 0 radical (unpaired) electrons. The summed E-state index contributed by atoms with van der Waals surface area (Å²) >= 11 is 12.3.